The van der Waals surface area contributed by atoms with E-state index in [1.807, 2.05) is 0 Å². The van der Waals surface area contributed by atoms with Crippen molar-refractivity contribution in [2.75, 3.05) is 13.2 Å². The maximum absolute atomic E-state index is 9.96. The van der Waals surface area contributed by atoms with Gasteiger partial charge in [0.2, 0.25) is 6.29 Å². The molecule has 7 nitrogen and oxygen atoms in total. The molecule has 1 aromatic rings. The van der Waals surface area contributed by atoms with E-state index in [1.54, 1.807) is 24.3 Å². The predicted octanol–water partition coefficient (Wildman–Crippen LogP) is 0.824. The van der Waals surface area contributed by atoms with Crippen molar-refractivity contribution in [1.82, 2.24) is 0 Å². The van der Waals surface area contributed by atoms with Crippen LogP contribution in [0, 0.1) is 0 Å². The fourth-order valence-electron chi connectivity index (χ4n) is 2.63. The predicted molar refractivity (Wildman–Crippen MR) is 90.5 cm³/mol. The standard InChI is InChI=1S/C18H28O7/c1-2-3-4-5-10-23-12-6-8-13(9-7-12)24-18-17(22)16(21)15(20)14(11-19)25-18/h6-9,14-22H,2-5,10-11H2,1H3. The number of ether oxygens (including phenoxy) is 3. The summed E-state index contributed by atoms with van der Waals surface area (Å²) in [6.45, 7) is 2.33. The molecule has 0 radical (unpaired) electrons. The minimum absolute atomic E-state index is 0.419. The molecule has 0 spiro atoms. The molecule has 1 fully saturated rings. The Morgan fingerprint density at radius 2 is 1.60 bits per heavy atom. The number of benzene rings is 1. The van der Waals surface area contributed by atoms with Crippen LogP contribution in [0.3, 0.4) is 0 Å². The van der Waals surface area contributed by atoms with E-state index in [0.29, 0.717) is 12.4 Å². The minimum atomic E-state index is -1.46. The van der Waals surface area contributed by atoms with Crippen molar-refractivity contribution in [3.63, 3.8) is 0 Å². The summed E-state index contributed by atoms with van der Waals surface area (Å²) in [6, 6.07) is 6.84. The van der Waals surface area contributed by atoms with Gasteiger partial charge >= 0.3 is 0 Å². The molecular formula is C18H28O7. The zero-order valence-corrected chi connectivity index (χ0v) is 14.5. The smallest absolute Gasteiger partial charge is 0.229 e. The average molecular weight is 356 g/mol. The number of aliphatic hydroxyl groups is 4. The van der Waals surface area contributed by atoms with Gasteiger partial charge in [-0.25, -0.2) is 0 Å². The minimum Gasteiger partial charge on any atom is -0.494 e. The summed E-state index contributed by atoms with van der Waals surface area (Å²) in [5.74, 6) is 1.14. The lowest BCUT2D eigenvalue weighted by atomic mass is 9.99. The number of hydrogen-bond donors (Lipinski definition) is 4. The van der Waals surface area contributed by atoms with Crippen LogP contribution in [0.5, 0.6) is 11.5 Å². The second-order valence-corrected chi connectivity index (χ2v) is 6.20. The third-order valence-electron chi connectivity index (χ3n) is 4.19. The SMILES string of the molecule is CCCCCCOc1ccc(OC2OC(CO)C(O)C(O)C2O)cc1. The molecule has 1 aliphatic rings. The van der Waals surface area contributed by atoms with Gasteiger partial charge in [0.1, 0.15) is 35.9 Å². The maximum atomic E-state index is 9.96. The van der Waals surface area contributed by atoms with Crippen molar-refractivity contribution in [3.05, 3.63) is 24.3 Å². The summed E-state index contributed by atoms with van der Waals surface area (Å²) >= 11 is 0. The lowest BCUT2D eigenvalue weighted by Gasteiger charge is -2.39. The highest BCUT2D eigenvalue weighted by molar-refractivity contribution is 5.31. The van der Waals surface area contributed by atoms with Gasteiger partial charge in [0.05, 0.1) is 13.2 Å². The molecule has 1 aromatic carbocycles. The maximum Gasteiger partial charge on any atom is 0.229 e. The van der Waals surface area contributed by atoms with E-state index in [4.69, 9.17) is 14.2 Å². The second-order valence-electron chi connectivity index (χ2n) is 6.20. The van der Waals surface area contributed by atoms with Crippen molar-refractivity contribution in [3.8, 4) is 11.5 Å². The Morgan fingerprint density at radius 1 is 0.920 bits per heavy atom. The van der Waals surface area contributed by atoms with Crippen molar-refractivity contribution < 1.29 is 34.6 Å². The largest absolute Gasteiger partial charge is 0.494 e. The topological polar surface area (TPSA) is 109 Å². The van der Waals surface area contributed by atoms with Crippen LogP contribution in [-0.4, -0.2) is 64.3 Å². The molecule has 1 aliphatic heterocycles. The van der Waals surface area contributed by atoms with E-state index in [1.165, 1.54) is 12.8 Å². The van der Waals surface area contributed by atoms with Crippen LogP contribution in [0.1, 0.15) is 32.6 Å². The molecule has 2 rings (SSSR count). The molecule has 4 N–H and O–H groups in total. The first-order valence-corrected chi connectivity index (χ1v) is 8.76. The van der Waals surface area contributed by atoms with Crippen LogP contribution in [0.2, 0.25) is 0 Å². The highest BCUT2D eigenvalue weighted by atomic mass is 16.7. The van der Waals surface area contributed by atoms with Gasteiger partial charge < -0.3 is 34.6 Å². The van der Waals surface area contributed by atoms with Crippen molar-refractivity contribution in [2.24, 2.45) is 0 Å². The van der Waals surface area contributed by atoms with Gasteiger partial charge in [-0.15, -0.1) is 0 Å². The highest BCUT2D eigenvalue weighted by Crippen LogP contribution is 2.25. The molecular weight excluding hydrogens is 328 g/mol. The Bertz CT molecular complexity index is 491. The van der Waals surface area contributed by atoms with Crippen LogP contribution < -0.4 is 9.47 Å². The van der Waals surface area contributed by atoms with E-state index in [-0.39, 0.29) is 0 Å². The van der Waals surface area contributed by atoms with E-state index >= 15 is 0 Å². The Kier molecular flexibility index (Phi) is 7.92. The van der Waals surface area contributed by atoms with Gasteiger partial charge in [-0.3, -0.25) is 0 Å². The van der Waals surface area contributed by atoms with E-state index < -0.39 is 37.3 Å². The fourth-order valence-corrected chi connectivity index (χ4v) is 2.63. The fraction of sp³-hybridized carbons (Fsp3) is 0.667. The monoisotopic (exact) mass is 356 g/mol. The average Bonchev–Trinajstić information content (AvgIpc) is 2.63. The molecule has 1 saturated heterocycles. The summed E-state index contributed by atoms with van der Waals surface area (Å²) in [5, 5.41) is 38.6. The normalized spacial score (nSPS) is 29.4. The van der Waals surface area contributed by atoms with Crippen LogP contribution in [0.25, 0.3) is 0 Å². The highest BCUT2D eigenvalue weighted by Gasteiger charge is 2.44. The molecule has 0 amide bonds. The van der Waals surface area contributed by atoms with Crippen molar-refractivity contribution in [2.45, 2.75) is 63.3 Å². The molecule has 0 bridgehead atoms. The second kappa shape index (κ2) is 9.94. The lowest BCUT2D eigenvalue weighted by Crippen LogP contribution is -2.60. The Labute approximate surface area is 147 Å². The Hall–Kier alpha value is -1.38. The van der Waals surface area contributed by atoms with Crippen LogP contribution in [0.4, 0.5) is 0 Å². The van der Waals surface area contributed by atoms with Crippen LogP contribution in [-0.2, 0) is 4.74 Å². The summed E-state index contributed by atoms with van der Waals surface area (Å²) in [6.07, 6.45) is -1.91. The molecule has 5 unspecified atom stereocenters. The summed E-state index contributed by atoms with van der Waals surface area (Å²) in [7, 11) is 0. The zero-order chi connectivity index (χ0) is 18.2. The summed E-state index contributed by atoms with van der Waals surface area (Å²) in [4.78, 5) is 0. The van der Waals surface area contributed by atoms with Gasteiger partial charge in [-0.05, 0) is 30.7 Å². The summed E-state index contributed by atoms with van der Waals surface area (Å²) in [5.41, 5.74) is 0. The van der Waals surface area contributed by atoms with Crippen LogP contribution in [0.15, 0.2) is 24.3 Å². The molecule has 142 valence electrons. The zero-order valence-electron chi connectivity index (χ0n) is 14.5. The molecule has 0 aromatic heterocycles. The first-order valence-electron chi connectivity index (χ1n) is 8.76. The molecule has 5 atom stereocenters. The Balaban J connectivity index is 1.85. The number of aliphatic hydroxyl groups excluding tert-OH is 4. The van der Waals surface area contributed by atoms with Crippen LogP contribution >= 0.6 is 0 Å². The van der Waals surface area contributed by atoms with Gasteiger partial charge in [0, 0.05) is 0 Å². The molecule has 0 aliphatic carbocycles. The van der Waals surface area contributed by atoms with E-state index in [2.05, 4.69) is 6.92 Å². The van der Waals surface area contributed by atoms with E-state index in [9.17, 15) is 20.4 Å². The quantitative estimate of drug-likeness (QED) is 0.485. The molecule has 0 saturated carbocycles. The number of unbranched alkanes of at least 4 members (excludes halogenated alkanes) is 3. The molecule has 25 heavy (non-hydrogen) atoms. The first-order chi connectivity index (χ1) is 12.1. The third kappa shape index (κ3) is 5.55. The van der Waals surface area contributed by atoms with Crippen molar-refractivity contribution in [1.29, 1.82) is 0 Å². The first kappa shape index (κ1) is 19.9. The van der Waals surface area contributed by atoms with Crippen molar-refractivity contribution >= 4 is 0 Å². The van der Waals surface area contributed by atoms with Gasteiger partial charge in [-0.2, -0.15) is 0 Å². The van der Waals surface area contributed by atoms with E-state index in [0.717, 1.165) is 18.6 Å². The number of rotatable bonds is 9. The lowest BCUT2D eigenvalue weighted by molar-refractivity contribution is -0.277. The van der Waals surface area contributed by atoms with Gasteiger partial charge in [0.15, 0.2) is 0 Å². The van der Waals surface area contributed by atoms with Gasteiger partial charge in [-0.1, -0.05) is 26.2 Å². The summed E-state index contributed by atoms with van der Waals surface area (Å²) < 4.78 is 16.5. The Morgan fingerprint density at radius 3 is 2.24 bits per heavy atom. The molecule has 1 heterocycles. The van der Waals surface area contributed by atoms with Gasteiger partial charge in [0.25, 0.3) is 0 Å². The molecule has 7 heteroatoms. The number of hydrogen-bond acceptors (Lipinski definition) is 7. The third-order valence-corrected chi connectivity index (χ3v) is 4.19.